The summed E-state index contributed by atoms with van der Waals surface area (Å²) in [5.41, 5.74) is 2.36. The van der Waals surface area contributed by atoms with Gasteiger partial charge in [0.2, 0.25) is 5.88 Å². The fourth-order valence-corrected chi connectivity index (χ4v) is 2.21. The van der Waals surface area contributed by atoms with Crippen LogP contribution < -0.4 is 10.1 Å². The number of nitrogens with one attached hydrogen (secondary N) is 1. The van der Waals surface area contributed by atoms with Gasteiger partial charge in [-0.05, 0) is 44.0 Å². The molecule has 1 heterocycles. The lowest BCUT2D eigenvalue weighted by Crippen LogP contribution is -2.19. The van der Waals surface area contributed by atoms with E-state index in [2.05, 4.69) is 36.3 Å². The number of hydrogen-bond acceptors (Lipinski definition) is 3. The Hall–Kier alpha value is -1.87. The first-order chi connectivity index (χ1) is 10.2. The highest BCUT2D eigenvalue weighted by Crippen LogP contribution is 2.22. The average Bonchev–Trinajstić information content (AvgIpc) is 2.53. The van der Waals surface area contributed by atoms with E-state index in [0.29, 0.717) is 11.9 Å². The number of pyridine rings is 1. The summed E-state index contributed by atoms with van der Waals surface area (Å²) in [7, 11) is 0. The van der Waals surface area contributed by atoms with Crippen molar-refractivity contribution in [3.8, 4) is 5.88 Å². The van der Waals surface area contributed by atoms with Crippen LogP contribution in [0.5, 0.6) is 5.88 Å². The molecule has 3 heteroatoms. The molecule has 1 aromatic carbocycles. The van der Waals surface area contributed by atoms with Gasteiger partial charge >= 0.3 is 0 Å². The van der Waals surface area contributed by atoms with Gasteiger partial charge in [0.25, 0.3) is 0 Å². The second-order valence-corrected chi connectivity index (χ2v) is 5.27. The maximum atomic E-state index is 5.96. The standard InChI is InChI=1S/C18H24N2O/c1-4-11-19-14(2)17-10-12-20-18(13-17)21-15(3)16-8-6-5-7-9-16/h5-10,12-15,19H,4,11H2,1-3H3. The molecule has 3 nitrogen and oxygen atoms in total. The zero-order valence-electron chi connectivity index (χ0n) is 13.0. The summed E-state index contributed by atoms with van der Waals surface area (Å²) in [6.07, 6.45) is 2.93. The van der Waals surface area contributed by atoms with Gasteiger partial charge in [-0.25, -0.2) is 4.98 Å². The van der Waals surface area contributed by atoms with Gasteiger partial charge in [-0.15, -0.1) is 0 Å². The first-order valence-corrected chi connectivity index (χ1v) is 7.61. The molecule has 0 aliphatic heterocycles. The van der Waals surface area contributed by atoms with E-state index in [0.717, 1.165) is 18.5 Å². The van der Waals surface area contributed by atoms with Crippen LogP contribution in [0.15, 0.2) is 48.7 Å². The monoisotopic (exact) mass is 284 g/mol. The number of ether oxygens (including phenoxy) is 1. The first kappa shape index (κ1) is 15.5. The highest BCUT2D eigenvalue weighted by molar-refractivity contribution is 5.25. The minimum absolute atomic E-state index is 0.00661. The smallest absolute Gasteiger partial charge is 0.214 e. The molecule has 0 bridgehead atoms. The van der Waals surface area contributed by atoms with E-state index in [1.165, 1.54) is 5.56 Å². The van der Waals surface area contributed by atoms with Gasteiger partial charge in [0.05, 0.1) is 0 Å². The Morgan fingerprint density at radius 1 is 1.10 bits per heavy atom. The zero-order chi connectivity index (χ0) is 15.1. The summed E-state index contributed by atoms with van der Waals surface area (Å²) < 4.78 is 5.96. The van der Waals surface area contributed by atoms with Crippen LogP contribution in [-0.2, 0) is 0 Å². The first-order valence-electron chi connectivity index (χ1n) is 7.61. The topological polar surface area (TPSA) is 34.2 Å². The van der Waals surface area contributed by atoms with Gasteiger partial charge in [-0.2, -0.15) is 0 Å². The molecule has 0 saturated heterocycles. The quantitative estimate of drug-likeness (QED) is 0.824. The van der Waals surface area contributed by atoms with Crippen LogP contribution in [0.4, 0.5) is 0 Å². The molecule has 112 valence electrons. The van der Waals surface area contributed by atoms with Crippen molar-refractivity contribution in [2.45, 2.75) is 39.3 Å². The normalized spacial score (nSPS) is 13.7. The van der Waals surface area contributed by atoms with E-state index in [4.69, 9.17) is 4.74 Å². The second-order valence-electron chi connectivity index (χ2n) is 5.27. The molecule has 0 fully saturated rings. The van der Waals surface area contributed by atoms with Crippen molar-refractivity contribution < 1.29 is 4.74 Å². The largest absolute Gasteiger partial charge is 0.470 e. The molecular weight excluding hydrogens is 260 g/mol. The van der Waals surface area contributed by atoms with Crippen molar-refractivity contribution in [3.63, 3.8) is 0 Å². The van der Waals surface area contributed by atoms with E-state index in [1.54, 1.807) is 0 Å². The number of rotatable bonds is 7. The molecule has 0 amide bonds. The number of nitrogens with zero attached hydrogens (tertiary/aromatic N) is 1. The fourth-order valence-electron chi connectivity index (χ4n) is 2.21. The van der Waals surface area contributed by atoms with E-state index in [9.17, 15) is 0 Å². The molecule has 1 aromatic heterocycles. The minimum atomic E-state index is -0.00661. The van der Waals surface area contributed by atoms with Crippen molar-refractivity contribution in [1.82, 2.24) is 10.3 Å². The Morgan fingerprint density at radius 2 is 1.86 bits per heavy atom. The van der Waals surface area contributed by atoms with Crippen LogP contribution in [-0.4, -0.2) is 11.5 Å². The Bertz CT molecular complexity index is 542. The van der Waals surface area contributed by atoms with E-state index in [1.807, 2.05) is 43.5 Å². The van der Waals surface area contributed by atoms with Crippen molar-refractivity contribution >= 4 is 0 Å². The van der Waals surface area contributed by atoms with Crippen LogP contribution in [0.1, 0.15) is 50.5 Å². The predicted molar refractivity (Wildman–Crippen MR) is 86.4 cm³/mol. The number of benzene rings is 1. The summed E-state index contributed by atoms with van der Waals surface area (Å²) in [6, 6.07) is 14.6. The highest BCUT2D eigenvalue weighted by Gasteiger charge is 2.10. The summed E-state index contributed by atoms with van der Waals surface area (Å²) in [4.78, 5) is 4.32. The lowest BCUT2D eigenvalue weighted by Gasteiger charge is -2.17. The lowest BCUT2D eigenvalue weighted by atomic mass is 10.1. The average molecular weight is 284 g/mol. The van der Waals surface area contributed by atoms with Crippen molar-refractivity contribution in [1.29, 1.82) is 0 Å². The summed E-state index contributed by atoms with van der Waals surface area (Å²) >= 11 is 0. The molecule has 2 unspecified atom stereocenters. The maximum Gasteiger partial charge on any atom is 0.214 e. The molecule has 1 N–H and O–H groups in total. The van der Waals surface area contributed by atoms with Gasteiger partial charge in [-0.1, -0.05) is 37.3 Å². The lowest BCUT2D eigenvalue weighted by molar-refractivity contribution is 0.217. The molecular formula is C18H24N2O. The maximum absolute atomic E-state index is 5.96. The SMILES string of the molecule is CCCNC(C)c1ccnc(OC(C)c2ccccc2)c1. The molecule has 2 rings (SSSR count). The van der Waals surface area contributed by atoms with E-state index in [-0.39, 0.29) is 6.10 Å². The van der Waals surface area contributed by atoms with Crippen LogP contribution in [0.25, 0.3) is 0 Å². The molecule has 2 atom stereocenters. The second kappa shape index (κ2) is 7.79. The minimum Gasteiger partial charge on any atom is -0.470 e. The Balaban J connectivity index is 2.04. The Labute approximate surface area is 127 Å². The summed E-state index contributed by atoms with van der Waals surface area (Å²) in [5, 5.41) is 3.48. The molecule has 0 aliphatic rings. The molecule has 2 aromatic rings. The number of hydrogen-bond donors (Lipinski definition) is 1. The number of aromatic nitrogens is 1. The zero-order valence-corrected chi connectivity index (χ0v) is 13.0. The molecule has 0 aliphatic carbocycles. The van der Waals surface area contributed by atoms with E-state index < -0.39 is 0 Å². The predicted octanol–water partition coefficient (Wildman–Crippen LogP) is 4.28. The van der Waals surface area contributed by atoms with Crippen molar-refractivity contribution in [3.05, 3.63) is 59.8 Å². The van der Waals surface area contributed by atoms with Crippen LogP contribution in [0.3, 0.4) is 0 Å². The fraction of sp³-hybridized carbons (Fsp3) is 0.389. The summed E-state index contributed by atoms with van der Waals surface area (Å²) in [5.74, 6) is 0.675. The molecule has 0 spiro atoms. The van der Waals surface area contributed by atoms with Crippen LogP contribution in [0.2, 0.25) is 0 Å². The van der Waals surface area contributed by atoms with Crippen molar-refractivity contribution in [2.24, 2.45) is 0 Å². The van der Waals surface area contributed by atoms with Gasteiger partial charge in [0.1, 0.15) is 6.10 Å². The van der Waals surface area contributed by atoms with Gasteiger partial charge in [0, 0.05) is 18.3 Å². The highest BCUT2D eigenvalue weighted by atomic mass is 16.5. The molecule has 0 saturated carbocycles. The van der Waals surface area contributed by atoms with Crippen LogP contribution >= 0.6 is 0 Å². The molecule has 21 heavy (non-hydrogen) atoms. The molecule has 0 radical (unpaired) electrons. The van der Waals surface area contributed by atoms with E-state index >= 15 is 0 Å². The Morgan fingerprint density at radius 3 is 2.57 bits per heavy atom. The third-order valence-electron chi connectivity index (χ3n) is 3.53. The summed E-state index contributed by atoms with van der Waals surface area (Å²) in [6.45, 7) is 7.39. The third-order valence-corrected chi connectivity index (χ3v) is 3.53. The van der Waals surface area contributed by atoms with Gasteiger partial charge < -0.3 is 10.1 Å². The Kier molecular flexibility index (Phi) is 5.76. The van der Waals surface area contributed by atoms with Crippen molar-refractivity contribution in [2.75, 3.05) is 6.54 Å². The van der Waals surface area contributed by atoms with Crippen LogP contribution in [0, 0.1) is 0 Å². The third kappa shape index (κ3) is 4.57. The van der Waals surface area contributed by atoms with Gasteiger partial charge in [-0.3, -0.25) is 0 Å². The van der Waals surface area contributed by atoms with Gasteiger partial charge in [0.15, 0.2) is 0 Å².